The number of nitrogens with one attached hydrogen (secondary N) is 1. The van der Waals surface area contributed by atoms with Crippen molar-refractivity contribution in [2.24, 2.45) is 0 Å². The summed E-state index contributed by atoms with van der Waals surface area (Å²) in [5.74, 6) is 0. The molecule has 1 N–H and O–H groups in total. The number of aromatic nitrogens is 3. The third-order valence-corrected chi connectivity index (χ3v) is 4.73. The highest BCUT2D eigenvalue weighted by Crippen LogP contribution is 2.14. The number of aryl methyl sites for hydroxylation is 1. The van der Waals surface area contributed by atoms with Crippen LogP contribution in [0.1, 0.15) is 49.6 Å². The summed E-state index contributed by atoms with van der Waals surface area (Å²) in [5, 5.41) is 11.6. The fraction of sp³-hybridized carbons (Fsp3) is 0.625. The topological polar surface area (TPSA) is 42.7 Å². The van der Waals surface area contributed by atoms with Gasteiger partial charge in [0.25, 0.3) is 0 Å². The summed E-state index contributed by atoms with van der Waals surface area (Å²) in [5.41, 5.74) is 2.28. The molecule has 0 aliphatic rings. The zero-order chi connectivity index (χ0) is 15.2. The van der Waals surface area contributed by atoms with Crippen molar-refractivity contribution in [3.05, 3.63) is 34.0 Å². The summed E-state index contributed by atoms with van der Waals surface area (Å²) in [4.78, 5) is 4.57. The first kappa shape index (κ1) is 16.2. The second kappa shape index (κ2) is 7.71. The van der Waals surface area contributed by atoms with Crippen LogP contribution in [0.2, 0.25) is 0 Å². The van der Waals surface area contributed by atoms with E-state index in [1.807, 2.05) is 0 Å². The molecule has 4 nitrogen and oxygen atoms in total. The van der Waals surface area contributed by atoms with Crippen LogP contribution in [0.4, 0.5) is 0 Å². The second-order valence-electron chi connectivity index (χ2n) is 5.59. The van der Waals surface area contributed by atoms with Crippen LogP contribution in [0, 0.1) is 6.92 Å². The number of nitrogens with zero attached hydrogens (tertiary/aromatic N) is 3. The highest BCUT2D eigenvalue weighted by atomic mass is 32.1. The van der Waals surface area contributed by atoms with Gasteiger partial charge in [0.15, 0.2) is 0 Å². The van der Waals surface area contributed by atoms with E-state index in [9.17, 15) is 0 Å². The Hall–Kier alpha value is -1.20. The fourth-order valence-electron chi connectivity index (χ4n) is 2.38. The minimum absolute atomic E-state index is 0.404. The molecule has 0 aliphatic heterocycles. The maximum absolute atomic E-state index is 4.71. The van der Waals surface area contributed by atoms with Gasteiger partial charge in [-0.05, 0) is 32.9 Å². The molecule has 2 aromatic rings. The van der Waals surface area contributed by atoms with Gasteiger partial charge in [0, 0.05) is 42.2 Å². The quantitative estimate of drug-likeness (QED) is 0.813. The molecule has 2 heterocycles. The van der Waals surface area contributed by atoms with Crippen molar-refractivity contribution in [2.45, 2.75) is 59.0 Å². The lowest BCUT2D eigenvalue weighted by Gasteiger charge is -2.15. The van der Waals surface area contributed by atoms with Gasteiger partial charge in [0.1, 0.15) is 0 Å². The number of thiazole rings is 1. The molecule has 2 atom stereocenters. The van der Waals surface area contributed by atoms with Crippen LogP contribution < -0.4 is 5.32 Å². The van der Waals surface area contributed by atoms with E-state index in [1.54, 1.807) is 11.3 Å². The monoisotopic (exact) mass is 306 g/mol. The van der Waals surface area contributed by atoms with Gasteiger partial charge in [-0.15, -0.1) is 11.3 Å². The summed E-state index contributed by atoms with van der Waals surface area (Å²) in [6.07, 6.45) is 5.13. The lowest BCUT2D eigenvalue weighted by Crippen LogP contribution is -2.33. The molecule has 21 heavy (non-hydrogen) atoms. The van der Waals surface area contributed by atoms with Crippen LogP contribution in [-0.4, -0.2) is 27.4 Å². The van der Waals surface area contributed by atoms with Gasteiger partial charge in [-0.2, -0.15) is 5.10 Å². The Labute approximate surface area is 131 Å². The van der Waals surface area contributed by atoms with Crippen molar-refractivity contribution in [3.8, 4) is 0 Å². The van der Waals surface area contributed by atoms with Gasteiger partial charge < -0.3 is 5.32 Å². The predicted molar refractivity (Wildman–Crippen MR) is 89.0 cm³/mol. The summed E-state index contributed by atoms with van der Waals surface area (Å²) < 4.78 is 2.08. The molecule has 2 rings (SSSR count). The molecule has 2 aromatic heterocycles. The molecule has 0 aliphatic carbocycles. The SMILES string of the molecule is CCNC(Cc1ccn(C(C)CC)n1)Cc1nc(C)cs1. The molecule has 0 fully saturated rings. The zero-order valence-corrected chi connectivity index (χ0v) is 14.3. The highest BCUT2D eigenvalue weighted by Gasteiger charge is 2.14. The molecular weight excluding hydrogens is 280 g/mol. The van der Waals surface area contributed by atoms with Crippen molar-refractivity contribution in [2.75, 3.05) is 6.54 Å². The Morgan fingerprint density at radius 1 is 1.33 bits per heavy atom. The summed E-state index contributed by atoms with van der Waals surface area (Å²) in [6.45, 7) is 9.57. The van der Waals surface area contributed by atoms with Gasteiger partial charge in [-0.3, -0.25) is 4.68 Å². The van der Waals surface area contributed by atoms with Crippen molar-refractivity contribution in [3.63, 3.8) is 0 Å². The fourth-order valence-corrected chi connectivity index (χ4v) is 3.24. The van der Waals surface area contributed by atoms with E-state index in [1.165, 1.54) is 5.01 Å². The molecule has 2 unspecified atom stereocenters. The van der Waals surface area contributed by atoms with E-state index in [4.69, 9.17) is 5.10 Å². The molecule has 0 spiro atoms. The first-order valence-corrected chi connectivity index (χ1v) is 8.68. The molecule has 0 amide bonds. The molecule has 0 radical (unpaired) electrons. The maximum atomic E-state index is 4.71. The normalized spacial score (nSPS) is 14.3. The molecule has 0 bridgehead atoms. The van der Waals surface area contributed by atoms with Gasteiger partial charge in [-0.1, -0.05) is 13.8 Å². The standard InChI is InChI=1S/C16H26N4S/c1-5-13(4)20-8-7-14(19-20)9-15(17-6-2)10-16-18-12(3)11-21-16/h7-8,11,13,15,17H,5-6,9-10H2,1-4H3. The largest absolute Gasteiger partial charge is 0.313 e. The molecule has 5 heteroatoms. The molecule has 116 valence electrons. The maximum Gasteiger partial charge on any atom is 0.0943 e. The molecule has 0 saturated carbocycles. The Morgan fingerprint density at radius 2 is 2.14 bits per heavy atom. The predicted octanol–water partition coefficient (Wildman–Crippen LogP) is 3.38. The van der Waals surface area contributed by atoms with Crippen LogP contribution in [0.25, 0.3) is 0 Å². The summed E-state index contributed by atoms with van der Waals surface area (Å²) in [6, 6.07) is 3.02. The van der Waals surface area contributed by atoms with Crippen LogP contribution in [0.15, 0.2) is 17.6 Å². The van der Waals surface area contributed by atoms with Crippen LogP contribution in [-0.2, 0) is 12.8 Å². The van der Waals surface area contributed by atoms with Crippen LogP contribution in [0.5, 0.6) is 0 Å². The molecular formula is C16H26N4S. The average Bonchev–Trinajstić information content (AvgIpc) is 3.08. The third-order valence-electron chi connectivity index (χ3n) is 3.74. The first-order valence-electron chi connectivity index (χ1n) is 7.80. The van der Waals surface area contributed by atoms with Gasteiger partial charge >= 0.3 is 0 Å². The Balaban J connectivity index is 2.00. The van der Waals surface area contributed by atoms with E-state index >= 15 is 0 Å². The van der Waals surface area contributed by atoms with Crippen LogP contribution >= 0.6 is 11.3 Å². The molecule has 0 saturated heterocycles. The van der Waals surface area contributed by atoms with Crippen molar-refractivity contribution in [1.82, 2.24) is 20.1 Å². The minimum atomic E-state index is 0.404. The lowest BCUT2D eigenvalue weighted by atomic mass is 10.1. The van der Waals surface area contributed by atoms with Gasteiger partial charge in [0.05, 0.1) is 10.7 Å². The summed E-state index contributed by atoms with van der Waals surface area (Å²) in [7, 11) is 0. The van der Waals surface area contributed by atoms with E-state index in [-0.39, 0.29) is 0 Å². The van der Waals surface area contributed by atoms with E-state index < -0.39 is 0 Å². The highest BCUT2D eigenvalue weighted by molar-refractivity contribution is 7.09. The Morgan fingerprint density at radius 3 is 2.76 bits per heavy atom. The Bertz CT molecular complexity index is 546. The number of hydrogen-bond donors (Lipinski definition) is 1. The van der Waals surface area contributed by atoms with E-state index in [2.05, 4.69) is 60.3 Å². The van der Waals surface area contributed by atoms with Crippen molar-refractivity contribution < 1.29 is 0 Å². The summed E-state index contributed by atoms with van der Waals surface area (Å²) >= 11 is 1.75. The first-order chi connectivity index (χ1) is 10.1. The second-order valence-corrected chi connectivity index (χ2v) is 6.53. The number of hydrogen-bond acceptors (Lipinski definition) is 4. The van der Waals surface area contributed by atoms with Crippen molar-refractivity contribution in [1.29, 1.82) is 0 Å². The zero-order valence-electron chi connectivity index (χ0n) is 13.5. The van der Waals surface area contributed by atoms with E-state index in [0.717, 1.165) is 37.2 Å². The van der Waals surface area contributed by atoms with Crippen LogP contribution in [0.3, 0.4) is 0 Å². The third kappa shape index (κ3) is 4.64. The van der Waals surface area contributed by atoms with Gasteiger partial charge in [0.2, 0.25) is 0 Å². The van der Waals surface area contributed by atoms with Crippen molar-refractivity contribution >= 4 is 11.3 Å². The smallest absolute Gasteiger partial charge is 0.0943 e. The number of rotatable bonds is 8. The lowest BCUT2D eigenvalue weighted by molar-refractivity contribution is 0.464. The molecule has 0 aromatic carbocycles. The van der Waals surface area contributed by atoms with E-state index in [0.29, 0.717) is 12.1 Å². The van der Waals surface area contributed by atoms with Gasteiger partial charge in [-0.25, -0.2) is 4.98 Å². The average molecular weight is 306 g/mol. The Kier molecular flexibility index (Phi) is 5.94. The minimum Gasteiger partial charge on any atom is -0.313 e. The number of likely N-dealkylation sites (N-methyl/N-ethyl adjacent to an activating group) is 1.